The molecule has 0 rings (SSSR count). The molecule has 0 aromatic carbocycles. The van der Waals surface area contributed by atoms with Gasteiger partial charge in [-0.2, -0.15) is 0 Å². The molecule has 0 atom stereocenters. The van der Waals surface area contributed by atoms with Crippen LogP contribution in [-0.2, 0) is 0 Å². The Labute approximate surface area is 156 Å². The molecule has 0 saturated carbocycles. The lowest BCUT2D eigenvalue weighted by molar-refractivity contribution is 0.578. The highest BCUT2D eigenvalue weighted by Gasteiger charge is 1.89. The molecule has 0 aromatic rings. The number of hydrogen-bond donors (Lipinski definition) is 0. The summed E-state index contributed by atoms with van der Waals surface area (Å²) in [5.41, 5.74) is 0. The summed E-state index contributed by atoms with van der Waals surface area (Å²) >= 11 is 0. The number of hydrogen-bond acceptors (Lipinski definition) is 0. The van der Waals surface area contributed by atoms with Crippen molar-refractivity contribution in [2.75, 3.05) is 0 Å². The average molecular weight is 337 g/mol. The summed E-state index contributed by atoms with van der Waals surface area (Å²) in [6.07, 6.45) is 21.5. The molecule has 0 heteroatoms. The Morgan fingerprint density at radius 3 is 1.00 bits per heavy atom. The summed E-state index contributed by atoms with van der Waals surface area (Å²) < 4.78 is 0. The highest BCUT2D eigenvalue weighted by Crippen LogP contribution is 2.09. The van der Waals surface area contributed by atoms with Crippen LogP contribution >= 0.6 is 0 Å². The molecule has 0 nitrogen and oxygen atoms in total. The smallest absolute Gasteiger partial charge is 0.0353 e. The molecule has 0 aliphatic rings. The van der Waals surface area contributed by atoms with Crippen LogP contribution < -0.4 is 0 Å². The largest absolute Gasteiger partial charge is 0.103 e. The van der Waals surface area contributed by atoms with E-state index in [0.29, 0.717) is 0 Å². The van der Waals surface area contributed by atoms with Gasteiger partial charge in [0.25, 0.3) is 0 Å². The van der Waals surface area contributed by atoms with E-state index in [1.165, 1.54) is 57.8 Å². The molecular formula is C24H48. The first-order chi connectivity index (χ1) is 11.6. The third-order valence-corrected chi connectivity index (χ3v) is 2.26. The van der Waals surface area contributed by atoms with Crippen LogP contribution in [-0.4, -0.2) is 0 Å². The van der Waals surface area contributed by atoms with Crippen molar-refractivity contribution in [1.29, 1.82) is 0 Å². The maximum Gasteiger partial charge on any atom is -0.0353 e. The Kier molecular flexibility index (Phi) is 82.0. The van der Waals surface area contributed by atoms with E-state index in [2.05, 4.69) is 39.8 Å². The van der Waals surface area contributed by atoms with Gasteiger partial charge in [0.05, 0.1) is 0 Å². The zero-order valence-corrected chi connectivity index (χ0v) is 17.8. The van der Waals surface area contributed by atoms with Gasteiger partial charge in [0.2, 0.25) is 0 Å². The van der Waals surface area contributed by atoms with Crippen molar-refractivity contribution in [2.45, 2.75) is 92.4 Å². The van der Waals surface area contributed by atoms with Gasteiger partial charge in [0, 0.05) is 0 Å². The third-order valence-electron chi connectivity index (χ3n) is 2.26. The predicted octanol–water partition coefficient (Wildman–Crippen LogP) is 9.47. The fourth-order valence-corrected chi connectivity index (χ4v) is 1.42. The van der Waals surface area contributed by atoms with Gasteiger partial charge in [-0.15, -0.1) is 32.9 Å². The molecule has 0 spiro atoms. The van der Waals surface area contributed by atoms with Gasteiger partial charge in [-0.1, -0.05) is 82.2 Å². The molecule has 0 aliphatic carbocycles. The lowest BCUT2D eigenvalue weighted by Crippen LogP contribution is -1.79. The van der Waals surface area contributed by atoms with Crippen LogP contribution in [0.4, 0.5) is 0 Å². The highest BCUT2D eigenvalue weighted by molar-refractivity contribution is 4.65. The average Bonchev–Trinajstić information content (AvgIpc) is 2.53. The van der Waals surface area contributed by atoms with Crippen molar-refractivity contribution < 1.29 is 0 Å². The predicted molar refractivity (Wildman–Crippen MR) is 121 cm³/mol. The maximum absolute atomic E-state index is 3.72. The minimum Gasteiger partial charge on any atom is -0.103 e. The lowest BCUT2D eigenvalue weighted by atomic mass is 10.1. The van der Waals surface area contributed by atoms with Gasteiger partial charge in [-0.25, -0.2) is 0 Å². The molecule has 0 aromatic heterocycles. The first-order valence-corrected chi connectivity index (χ1v) is 9.47. The van der Waals surface area contributed by atoms with Gasteiger partial charge in [0.15, 0.2) is 0 Å². The summed E-state index contributed by atoms with van der Waals surface area (Å²) in [4.78, 5) is 0. The maximum atomic E-state index is 3.72. The molecule has 0 bridgehead atoms. The van der Waals surface area contributed by atoms with E-state index in [1.807, 2.05) is 33.8 Å². The Morgan fingerprint density at radius 1 is 0.500 bits per heavy atom. The topological polar surface area (TPSA) is 0 Å². The molecule has 24 heavy (non-hydrogen) atoms. The molecule has 0 heterocycles. The standard InChI is InChI=1S/C12H24.4C3H6/c1-3-5-7-9-11-12-10-8-6-4-2;4*1-3-2/h3H,1,4-12H2,2H3;4*3H,1H2,2H3. The Hall–Kier alpha value is -1.30. The van der Waals surface area contributed by atoms with E-state index < -0.39 is 0 Å². The second kappa shape index (κ2) is 57.6. The molecule has 0 amide bonds. The van der Waals surface area contributed by atoms with E-state index >= 15 is 0 Å². The fraction of sp³-hybridized carbons (Fsp3) is 0.583. The summed E-state index contributed by atoms with van der Waals surface area (Å²) in [7, 11) is 0. The van der Waals surface area contributed by atoms with Gasteiger partial charge in [0.1, 0.15) is 0 Å². The second-order valence-electron chi connectivity index (χ2n) is 5.19. The number of rotatable bonds is 9. The number of unbranched alkanes of at least 4 members (excludes halogenated alkanes) is 8. The van der Waals surface area contributed by atoms with Crippen molar-refractivity contribution in [1.82, 2.24) is 0 Å². The van der Waals surface area contributed by atoms with E-state index in [0.717, 1.165) is 0 Å². The molecule has 0 radical (unpaired) electrons. The fourth-order valence-electron chi connectivity index (χ4n) is 1.42. The molecule has 144 valence electrons. The summed E-state index contributed by atoms with van der Waals surface area (Å²) in [5.74, 6) is 0. The molecule has 0 fully saturated rings. The third kappa shape index (κ3) is 135. The van der Waals surface area contributed by atoms with Crippen LogP contribution in [0.5, 0.6) is 0 Å². The Bertz CT molecular complexity index is 186. The van der Waals surface area contributed by atoms with Crippen molar-refractivity contribution in [3.8, 4) is 0 Å². The lowest BCUT2D eigenvalue weighted by Gasteiger charge is -1.99. The van der Waals surface area contributed by atoms with Crippen molar-refractivity contribution in [3.63, 3.8) is 0 Å². The first-order valence-electron chi connectivity index (χ1n) is 9.47. The summed E-state index contributed by atoms with van der Waals surface area (Å²) in [5, 5.41) is 0. The summed E-state index contributed by atoms with van der Waals surface area (Å²) in [6, 6.07) is 0. The van der Waals surface area contributed by atoms with Crippen LogP contribution in [0, 0.1) is 0 Å². The molecule has 0 saturated heterocycles. The van der Waals surface area contributed by atoms with Gasteiger partial charge >= 0.3 is 0 Å². The molecule has 0 aliphatic heterocycles. The van der Waals surface area contributed by atoms with Gasteiger partial charge in [-0.3, -0.25) is 0 Å². The zero-order valence-electron chi connectivity index (χ0n) is 17.8. The minimum atomic E-state index is 1.20. The second-order valence-corrected chi connectivity index (χ2v) is 5.19. The van der Waals surface area contributed by atoms with E-state index in [1.54, 1.807) is 24.3 Å². The highest BCUT2D eigenvalue weighted by atomic mass is 14.0. The monoisotopic (exact) mass is 336 g/mol. The first kappa shape index (κ1) is 34.1. The number of allylic oxidation sites excluding steroid dienone is 5. The Morgan fingerprint density at radius 2 is 0.750 bits per heavy atom. The van der Waals surface area contributed by atoms with Gasteiger partial charge in [-0.05, 0) is 40.5 Å². The summed E-state index contributed by atoms with van der Waals surface area (Å²) in [6.45, 7) is 27.0. The van der Waals surface area contributed by atoms with Crippen LogP contribution in [0.15, 0.2) is 63.3 Å². The van der Waals surface area contributed by atoms with Crippen molar-refractivity contribution in [3.05, 3.63) is 63.3 Å². The van der Waals surface area contributed by atoms with Crippen LogP contribution in [0.3, 0.4) is 0 Å². The van der Waals surface area contributed by atoms with Crippen molar-refractivity contribution in [2.24, 2.45) is 0 Å². The van der Waals surface area contributed by atoms with Gasteiger partial charge < -0.3 is 0 Å². The van der Waals surface area contributed by atoms with E-state index in [4.69, 9.17) is 0 Å². The molecule has 0 N–H and O–H groups in total. The van der Waals surface area contributed by atoms with E-state index in [9.17, 15) is 0 Å². The molecule has 0 unspecified atom stereocenters. The minimum absolute atomic E-state index is 1.20. The van der Waals surface area contributed by atoms with Crippen LogP contribution in [0.25, 0.3) is 0 Å². The molecular weight excluding hydrogens is 288 g/mol. The SMILES string of the molecule is C=CC.C=CC.C=CC.C=CC.C=CCCCCCCCCCC. The van der Waals surface area contributed by atoms with Crippen molar-refractivity contribution >= 4 is 0 Å². The quantitative estimate of drug-likeness (QED) is 0.290. The van der Waals surface area contributed by atoms with Crippen LogP contribution in [0.1, 0.15) is 92.4 Å². The van der Waals surface area contributed by atoms with Crippen LogP contribution in [0.2, 0.25) is 0 Å². The zero-order chi connectivity index (χ0) is 19.9. The van der Waals surface area contributed by atoms with E-state index in [-0.39, 0.29) is 0 Å². The normalized spacial score (nSPS) is 7.21. The Balaban J connectivity index is -0.0000000822.